The van der Waals surface area contributed by atoms with Gasteiger partial charge in [0.15, 0.2) is 0 Å². The van der Waals surface area contributed by atoms with Gasteiger partial charge in [-0.05, 0) is 20.8 Å². The van der Waals surface area contributed by atoms with Crippen LogP contribution in [-0.2, 0) is 4.74 Å². The molecule has 1 unspecified atom stereocenters. The smallest absolute Gasteiger partial charge is 0.150 e. The van der Waals surface area contributed by atoms with Gasteiger partial charge in [0.2, 0.25) is 0 Å². The van der Waals surface area contributed by atoms with Gasteiger partial charge in [-0.3, -0.25) is 4.98 Å². The summed E-state index contributed by atoms with van der Waals surface area (Å²) in [6.07, 6.45) is 3.49. The molecule has 0 aliphatic carbocycles. The van der Waals surface area contributed by atoms with Crippen molar-refractivity contribution < 1.29 is 4.74 Å². The first-order chi connectivity index (χ1) is 8.02. The molecule has 1 fully saturated rings. The van der Waals surface area contributed by atoms with Crippen molar-refractivity contribution in [1.29, 1.82) is 0 Å². The third-order valence-corrected chi connectivity index (χ3v) is 2.90. The number of nitrogens with two attached hydrogens (primary N) is 1. The molecule has 94 valence electrons. The van der Waals surface area contributed by atoms with E-state index >= 15 is 0 Å². The predicted octanol–water partition coefficient (Wildman–Crippen LogP) is 0.728. The molecule has 1 aliphatic rings. The van der Waals surface area contributed by atoms with E-state index in [-0.39, 0.29) is 11.7 Å². The van der Waals surface area contributed by atoms with Crippen LogP contribution < -0.4 is 10.6 Å². The molecule has 0 bridgehead atoms. The molecule has 1 aromatic rings. The molecule has 1 aliphatic heterocycles. The van der Waals surface area contributed by atoms with E-state index in [9.17, 15) is 0 Å². The lowest BCUT2D eigenvalue weighted by Crippen LogP contribution is -2.55. The first kappa shape index (κ1) is 12.3. The Kier molecular flexibility index (Phi) is 3.31. The molecule has 2 heterocycles. The molecule has 0 radical (unpaired) electrons. The van der Waals surface area contributed by atoms with E-state index in [0.717, 1.165) is 24.6 Å². The van der Waals surface area contributed by atoms with Crippen molar-refractivity contribution >= 4 is 5.82 Å². The van der Waals surface area contributed by atoms with E-state index in [2.05, 4.69) is 28.7 Å². The summed E-state index contributed by atoms with van der Waals surface area (Å²) < 4.78 is 5.90. The quantitative estimate of drug-likeness (QED) is 0.820. The second kappa shape index (κ2) is 4.58. The molecule has 0 aromatic carbocycles. The van der Waals surface area contributed by atoms with E-state index < -0.39 is 0 Å². The summed E-state index contributed by atoms with van der Waals surface area (Å²) in [4.78, 5) is 10.9. The second-order valence-corrected chi connectivity index (χ2v) is 5.08. The minimum atomic E-state index is -0.202. The molecule has 0 saturated carbocycles. The maximum Gasteiger partial charge on any atom is 0.150 e. The van der Waals surface area contributed by atoms with E-state index in [4.69, 9.17) is 10.5 Å². The Labute approximate surface area is 102 Å². The highest BCUT2D eigenvalue weighted by Crippen LogP contribution is 2.25. The lowest BCUT2D eigenvalue weighted by molar-refractivity contribution is -0.0790. The Morgan fingerprint density at radius 2 is 2.18 bits per heavy atom. The van der Waals surface area contributed by atoms with Gasteiger partial charge in [-0.15, -0.1) is 0 Å². The number of nitrogens with zero attached hydrogens (tertiary/aromatic N) is 3. The Morgan fingerprint density at radius 3 is 2.82 bits per heavy atom. The van der Waals surface area contributed by atoms with Crippen LogP contribution in [0, 0.1) is 6.92 Å². The summed E-state index contributed by atoms with van der Waals surface area (Å²) in [5.74, 6) is 0.933. The van der Waals surface area contributed by atoms with Gasteiger partial charge >= 0.3 is 0 Å². The first-order valence-electron chi connectivity index (χ1n) is 5.92. The van der Waals surface area contributed by atoms with Crippen molar-refractivity contribution in [3.05, 3.63) is 18.1 Å². The number of ether oxygens (including phenoxy) is 1. The number of rotatable bonds is 2. The Balaban J connectivity index is 2.24. The largest absolute Gasteiger partial charge is 0.367 e. The van der Waals surface area contributed by atoms with Gasteiger partial charge in [-0.25, -0.2) is 4.98 Å². The standard InChI is InChI=1S/C12H20N4O/c1-9-11(15-5-4-14-9)16-7-10(6-13)17-12(2,3)8-16/h4-5,10H,6-8,13H2,1-3H3. The van der Waals surface area contributed by atoms with Gasteiger partial charge in [0.1, 0.15) is 5.82 Å². The normalized spacial score (nSPS) is 23.8. The minimum Gasteiger partial charge on any atom is -0.367 e. The van der Waals surface area contributed by atoms with E-state index in [1.807, 2.05) is 6.92 Å². The molecular weight excluding hydrogens is 216 g/mol. The Morgan fingerprint density at radius 1 is 1.47 bits per heavy atom. The summed E-state index contributed by atoms with van der Waals surface area (Å²) in [7, 11) is 0. The highest BCUT2D eigenvalue weighted by Gasteiger charge is 2.33. The van der Waals surface area contributed by atoms with Gasteiger partial charge < -0.3 is 15.4 Å². The molecule has 2 N–H and O–H groups in total. The van der Waals surface area contributed by atoms with Crippen LogP contribution in [0.5, 0.6) is 0 Å². The average molecular weight is 236 g/mol. The summed E-state index contributed by atoms with van der Waals surface area (Å²) >= 11 is 0. The fourth-order valence-corrected chi connectivity index (χ4v) is 2.29. The zero-order valence-electron chi connectivity index (χ0n) is 10.7. The zero-order chi connectivity index (χ0) is 12.5. The fraction of sp³-hybridized carbons (Fsp3) is 0.667. The van der Waals surface area contributed by atoms with Crippen molar-refractivity contribution in [1.82, 2.24) is 9.97 Å². The topological polar surface area (TPSA) is 64.3 Å². The van der Waals surface area contributed by atoms with E-state index in [0.29, 0.717) is 6.54 Å². The molecule has 1 atom stereocenters. The van der Waals surface area contributed by atoms with Crippen LogP contribution in [0.2, 0.25) is 0 Å². The highest BCUT2D eigenvalue weighted by molar-refractivity contribution is 5.43. The lowest BCUT2D eigenvalue weighted by atomic mass is 10.0. The molecule has 5 heteroatoms. The van der Waals surface area contributed by atoms with Crippen molar-refractivity contribution in [3.63, 3.8) is 0 Å². The molecule has 1 saturated heterocycles. The monoisotopic (exact) mass is 236 g/mol. The van der Waals surface area contributed by atoms with Crippen LogP contribution in [0.4, 0.5) is 5.82 Å². The van der Waals surface area contributed by atoms with Gasteiger partial charge in [-0.2, -0.15) is 0 Å². The number of aryl methyl sites for hydroxylation is 1. The van der Waals surface area contributed by atoms with Crippen molar-refractivity contribution in [3.8, 4) is 0 Å². The van der Waals surface area contributed by atoms with Gasteiger partial charge in [0.25, 0.3) is 0 Å². The summed E-state index contributed by atoms with van der Waals surface area (Å²) in [5.41, 5.74) is 6.46. The summed E-state index contributed by atoms with van der Waals surface area (Å²) in [6.45, 7) is 8.24. The minimum absolute atomic E-state index is 0.0557. The maximum atomic E-state index is 5.90. The zero-order valence-corrected chi connectivity index (χ0v) is 10.7. The molecule has 0 amide bonds. The molecule has 17 heavy (non-hydrogen) atoms. The SMILES string of the molecule is Cc1nccnc1N1CC(CN)OC(C)(C)C1. The maximum absolute atomic E-state index is 5.90. The van der Waals surface area contributed by atoms with E-state index in [1.54, 1.807) is 12.4 Å². The fourth-order valence-electron chi connectivity index (χ4n) is 2.29. The van der Waals surface area contributed by atoms with Crippen LogP contribution in [0.3, 0.4) is 0 Å². The summed E-state index contributed by atoms with van der Waals surface area (Å²) in [5, 5.41) is 0. The van der Waals surface area contributed by atoms with Crippen molar-refractivity contribution in [2.24, 2.45) is 5.73 Å². The molecule has 5 nitrogen and oxygen atoms in total. The van der Waals surface area contributed by atoms with Crippen LogP contribution in [0.25, 0.3) is 0 Å². The number of hydrogen-bond acceptors (Lipinski definition) is 5. The first-order valence-corrected chi connectivity index (χ1v) is 5.92. The van der Waals surface area contributed by atoms with Crippen LogP contribution in [0.15, 0.2) is 12.4 Å². The van der Waals surface area contributed by atoms with Crippen LogP contribution >= 0.6 is 0 Å². The average Bonchev–Trinajstić information content (AvgIpc) is 2.27. The lowest BCUT2D eigenvalue weighted by Gasteiger charge is -2.43. The second-order valence-electron chi connectivity index (χ2n) is 5.08. The number of anilines is 1. The van der Waals surface area contributed by atoms with E-state index in [1.165, 1.54) is 0 Å². The Bertz CT molecular complexity index is 394. The number of aromatic nitrogens is 2. The Hall–Kier alpha value is -1.20. The molecular formula is C12H20N4O. The summed E-state index contributed by atoms with van der Waals surface area (Å²) in [6, 6.07) is 0. The molecule has 0 spiro atoms. The van der Waals surface area contributed by atoms with Crippen molar-refractivity contribution in [2.45, 2.75) is 32.5 Å². The number of morpholine rings is 1. The van der Waals surface area contributed by atoms with Gasteiger partial charge in [0, 0.05) is 32.0 Å². The highest BCUT2D eigenvalue weighted by atomic mass is 16.5. The van der Waals surface area contributed by atoms with Gasteiger partial charge in [0.05, 0.1) is 17.4 Å². The third kappa shape index (κ3) is 2.73. The van der Waals surface area contributed by atoms with Crippen molar-refractivity contribution in [2.75, 3.05) is 24.5 Å². The third-order valence-electron chi connectivity index (χ3n) is 2.90. The molecule has 1 aromatic heterocycles. The molecule has 2 rings (SSSR count). The van der Waals surface area contributed by atoms with Gasteiger partial charge in [-0.1, -0.05) is 0 Å². The number of hydrogen-bond donors (Lipinski definition) is 1. The van der Waals surface area contributed by atoms with Crippen LogP contribution in [0.1, 0.15) is 19.5 Å². The predicted molar refractivity (Wildman–Crippen MR) is 67.0 cm³/mol. The van der Waals surface area contributed by atoms with Crippen LogP contribution in [-0.4, -0.2) is 41.3 Å².